The number of rotatable bonds is 8. The molecule has 4 N–H and O–H groups in total. The van der Waals surface area contributed by atoms with Gasteiger partial charge in [0.1, 0.15) is 0 Å². The standard InChI is InChI=1S/C14H23N3O3S/c1-11(2)17-14(18)8-10-16-9-7-12-3-5-13(6-4-12)21(15,19)20/h3-6,11,16H,7-10H2,1-2H3,(H,17,18)(H2,15,19,20). The zero-order chi connectivity index (χ0) is 15.9. The van der Waals surface area contributed by atoms with Crippen molar-refractivity contribution in [2.45, 2.75) is 37.6 Å². The quantitative estimate of drug-likeness (QED) is 0.604. The summed E-state index contributed by atoms with van der Waals surface area (Å²) in [6.45, 7) is 5.20. The zero-order valence-corrected chi connectivity index (χ0v) is 13.2. The fourth-order valence-electron chi connectivity index (χ4n) is 1.80. The van der Waals surface area contributed by atoms with Crippen molar-refractivity contribution in [1.29, 1.82) is 0 Å². The second kappa shape index (κ2) is 8.11. The number of amides is 1. The SMILES string of the molecule is CC(C)NC(=O)CCNCCc1ccc(S(N)(=O)=O)cc1. The van der Waals surface area contributed by atoms with Crippen LogP contribution in [-0.2, 0) is 21.2 Å². The Bertz CT molecular complexity index is 553. The van der Waals surface area contributed by atoms with Crippen molar-refractivity contribution in [2.24, 2.45) is 5.14 Å². The average molecular weight is 313 g/mol. The highest BCUT2D eigenvalue weighted by Gasteiger charge is 2.06. The third kappa shape index (κ3) is 7.22. The highest BCUT2D eigenvalue weighted by atomic mass is 32.2. The van der Waals surface area contributed by atoms with Gasteiger partial charge >= 0.3 is 0 Å². The molecule has 0 atom stereocenters. The van der Waals surface area contributed by atoms with Crippen molar-refractivity contribution < 1.29 is 13.2 Å². The number of benzene rings is 1. The topological polar surface area (TPSA) is 101 Å². The van der Waals surface area contributed by atoms with Crippen LogP contribution in [0.4, 0.5) is 0 Å². The second-order valence-electron chi connectivity index (χ2n) is 5.16. The van der Waals surface area contributed by atoms with E-state index in [1.807, 2.05) is 13.8 Å². The van der Waals surface area contributed by atoms with Crippen LogP contribution in [0.15, 0.2) is 29.2 Å². The Hall–Kier alpha value is -1.44. The molecule has 7 heteroatoms. The molecule has 118 valence electrons. The maximum atomic E-state index is 11.4. The van der Waals surface area contributed by atoms with Crippen LogP contribution in [0.5, 0.6) is 0 Å². The number of hydrogen-bond acceptors (Lipinski definition) is 4. The summed E-state index contributed by atoms with van der Waals surface area (Å²) in [4.78, 5) is 11.5. The van der Waals surface area contributed by atoms with E-state index in [0.717, 1.165) is 18.5 Å². The molecule has 0 aromatic heterocycles. The number of carbonyl (C=O) groups is 1. The van der Waals surface area contributed by atoms with Crippen LogP contribution in [0.3, 0.4) is 0 Å². The van der Waals surface area contributed by atoms with Gasteiger partial charge in [-0.15, -0.1) is 0 Å². The molecule has 0 saturated heterocycles. The first-order chi connectivity index (χ1) is 9.79. The van der Waals surface area contributed by atoms with Crippen molar-refractivity contribution in [3.8, 4) is 0 Å². The molecule has 6 nitrogen and oxygen atoms in total. The van der Waals surface area contributed by atoms with Gasteiger partial charge < -0.3 is 10.6 Å². The Kier molecular flexibility index (Phi) is 6.80. The first kappa shape index (κ1) is 17.6. The van der Waals surface area contributed by atoms with Crippen molar-refractivity contribution in [1.82, 2.24) is 10.6 Å². The first-order valence-electron chi connectivity index (χ1n) is 6.91. The highest BCUT2D eigenvalue weighted by Crippen LogP contribution is 2.08. The molecule has 0 spiro atoms. The van der Waals surface area contributed by atoms with Crippen LogP contribution in [0.2, 0.25) is 0 Å². The van der Waals surface area contributed by atoms with Gasteiger partial charge in [0.2, 0.25) is 15.9 Å². The molecular formula is C14H23N3O3S. The van der Waals surface area contributed by atoms with E-state index in [0.29, 0.717) is 13.0 Å². The summed E-state index contributed by atoms with van der Waals surface area (Å²) in [6.07, 6.45) is 1.21. The molecular weight excluding hydrogens is 290 g/mol. The van der Waals surface area contributed by atoms with Gasteiger partial charge in [-0.25, -0.2) is 13.6 Å². The Labute approximate surface area is 126 Å². The molecule has 0 fully saturated rings. The largest absolute Gasteiger partial charge is 0.354 e. The monoisotopic (exact) mass is 313 g/mol. The minimum absolute atomic E-state index is 0.0370. The number of sulfonamides is 1. The lowest BCUT2D eigenvalue weighted by molar-refractivity contribution is -0.121. The van der Waals surface area contributed by atoms with Crippen LogP contribution in [0.25, 0.3) is 0 Å². The fraction of sp³-hybridized carbons (Fsp3) is 0.500. The fourth-order valence-corrected chi connectivity index (χ4v) is 2.32. The highest BCUT2D eigenvalue weighted by molar-refractivity contribution is 7.89. The Morgan fingerprint density at radius 1 is 1.19 bits per heavy atom. The molecule has 1 amide bonds. The van der Waals surface area contributed by atoms with Crippen LogP contribution in [-0.4, -0.2) is 33.5 Å². The number of hydrogen-bond donors (Lipinski definition) is 3. The van der Waals surface area contributed by atoms with Gasteiger partial charge in [0.25, 0.3) is 0 Å². The lowest BCUT2D eigenvalue weighted by Crippen LogP contribution is -2.32. The summed E-state index contributed by atoms with van der Waals surface area (Å²) in [7, 11) is -3.63. The molecule has 0 aliphatic carbocycles. The van der Waals surface area contributed by atoms with Gasteiger partial charge in [-0.3, -0.25) is 4.79 Å². The Morgan fingerprint density at radius 3 is 2.33 bits per heavy atom. The summed E-state index contributed by atoms with van der Waals surface area (Å²) < 4.78 is 22.2. The lowest BCUT2D eigenvalue weighted by atomic mass is 10.1. The minimum atomic E-state index is -3.63. The average Bonchev–Trinajstić information content (AvgIpc) is 2.37. The molecule has 0 radical (unpaired) electrons. The summed E-state index contributed by atoms with van der Waals surface area (Å²) in [5.41, 5.74) is 1.02. The Morgan fingerprint density at radius 2 is 1.81 bits per heavy atom. The van der Waals surface area contributed by atoms with E-state index in [1.165, 1.54) is 12.1 Å². The molecule has 21 heavy (non-hydrogen) atoms. The van der Waals surface area contributed by atoms with E-state index in [2.05, 4.69) is 10.6 Å². The minimum Gasteiger partial charge on any atom is -0.354 e. The van der Waals surface area contributed by atoms with E-state index in [1.54, 1.807) is 12.1 Å². The summed E-state index contributed by atoms with van der Waals surface area (Å²) >= 11 is 0. The Balaban J connectivity index is 2.26. The van der Waals surface area contributed by atoms with E-state index >= 15 is 0 Å². The second-order valence-corrected chi connectivity index (χ2v) is 6.72. The van der Waals surface area contributed by atoms with Crippen LogP contribution >= 0.6 is 0 Å². The molecule has 0 saturated carbocycles. The van der Waals surface area contributed by atoms with Gasteiger partial charge in [0.15, 0.2) is 0 Å². The number of primary sulfonamides is 1. The van der Waals surface area contributed by atoms with Gasteiger partial charge in [0.05, 0.1) is 4.90 Å². The van der Waals surface area contributed by atoms with E-state index in [-0.39, 0.29) is 16.8 Å². The van der Waals surface area contributed by atoms with Crippen molar-refractivity contribution >= 4 is 15.9 Å². The predicted molar refractivity (Wildman–Crippen MR) is 82.3 cm³/mol. The van der Waals surface area contributed by atoms with E-state index < -0.39 is 10.0 Å². The molecule has 1 aromatic carbocycles. The van der Waals surface area contributed by atoms with Crippen LogP contribution in [0.1, 0.15) is 25.8 Å². The molecule has 1 rings (SSSR count). The predicted octanol–water partition coefficient (Wildman–Crippen LogP) is 0.381. The molecule has 0 aliphatic rings. The molecule has 0 aliphatic heterocycles. The van der Waals surface area contributed by atoms with E-state index in [9.17, 15) is 13.2 Å². The number of nitrogens with two attached hydrogens (primary N) is 1. The summed E-state index contributed by atoms with van der Waals surface area (Å²) in [5.74, 6) is 0.0370. The van der Waals surface area contributed by atoms with E-state index in [4.69, 9.17) is 5.14 Å². The third-order valence-electron chi connectivity index (χ3n) is 2.82. The number of nitrogens with one attached hydrogen (secondary N) is 2. The maximum absolute atomic E-state index is 11.4. The van der Waals surface area contributed by atoms with Crippen molar-refractivity contribution in [3.63, 3.8) is 0 Å². The molecule has 1 aromatic rings. The normalized spacial score (nSPS) is 11.6. The molecule has 0 unspecified atom stereocenters. The number of carbonyl (C=O) groups excluding carboxylic acids is 1. The first-order valence-corrected chi connectivity index (χ1v) is 8.45. The van der Waals surface area contributed by atoms with Gasteiger partial charge in [-0.2, -0.15) is 0 Å². The maximum Gasteiger partial charge on any atom is 0.238 e. The summed E-state index contributed by atoms with van der Waals surface area (Å²) in [5, 5.41) is 11.0. The van der Waals surface area contributed by atoms with Crippen LogP contribution < -0.4 is 15.8 Å². The smallest absolute Gasteiger partial charge is 0.238 e. The van der Waals surface area contributed by atoms with Gasteiger partial charge in [-0.05, 0) is 44.5 Å². The molecule has 0 heterocycles. The van der Waals surface area contributed by atoms with Crippen molar-refractivity contribution in [2.75, 3.05) is 13.1 Å². The zero-order valence-electron chi connectivity index (χ0n) is 12.4. The molecule has 0 bridgehead atoms. The third-order valence-corrected chi connectivity index (χ3v) is 3.75. The van der Waals surface area contributed by atoms with Crippen molar-refractivity contribution in [3.05, 3.63) is 29.8 Å². The van der Waals surface area contributed by atoms with Gasteiger partial charge in [-0.1, -0.05) is 12.1 Å². The summed E-state index contributed by atoms with van der Waals surface area (Å²) in [6, 6.07) is 6.65. The van der Waals surface area contributed by atoms with Crippen LogP contribution in [0, 0.1) is 0 Å². The lowest BCUT2D eigenvalue weighted by Gasteiger charge is -2.09. The van der Waals surface area contributed by atoms with Gasteiger partial charge in [0, 0.05) is 19.0 Å².